The van der Waals surface area contributed by atoms with Crippen molar-refractivity contribution in [1.82, 2.24) is 4.31 Å². The first kappa shape index (κ1) is 39.4. The largest absolute Gasteiger partial charge is 0.456 e. The Balaban J connectivity index is 1.93. The molecule has 0 aliphatic rings. The molecule has 3 rings (SSSR count). The SMILES string of the molecule is C=C[C@@H](C)[C@H](CCCC(=O)O[C@@H](c1ccccc1)[C@@H](C)N(Cc1ccccc1)S(=O)(=O)c1c(C)cc(C)cc1C)O[Si](CC)(CC)CC. The second kappa shape index (κ2) is 18.1. The van der Waals surface area contributed by atoms with Crippen molar-refractivity contribution < 1.29 is 22.4 Å². The molecule has 0 radical (unpaired) electrons. The van der Waals surface area contributed by atoms with Gasteiger partial charge in [0, 0.05) is 13.0 Å². The number of aryl methyl sites for hydroxylation is 3. The Morgan fingerprint density at radius 2 is 1.44 bits per heavy atom. The summed E-state index contributed by atoms with van der Waals surface area (Å²) < 4.78 is 43.9. The quantitative estimate of drug-likeness (QED) is 0.0711. The molecule has 0 unspecified atom stereocenters. The van der Waals surface area contributed by atoms with Crippen LogP contribution in [-0.4, -0.2) is 39.2 Å². The molecular weight excluding hydrogens is 635 g/mol. The summed E-state index contributed by atoms with van der Waals surface area (Å²) in [5, 5.41) is 0. The van der Waals surface area contributed by atoms with E-state index in [0.29, 0.717) is 22.4 Å². The highest BCUT2D eigenvalue weighted by atomic mass is 32.2. The third-order valence-corrected chi connectivity index (χ3v) is 16.7. The first-order valence-electron chi connectivity index (χ1n) is 17.5. The number of benzene rings is 3. The number of sulfonamides is 1. The summed E-state index contributed by atoms with van der Waals surface area (Å²) in [7, 11) is -5.86. The Morgan fingerprint density at radius 1 is 0.896 bits per heavy atom. The van der Waals surface area contributed by atoms with E-state index >= 15 is 0 Å². The van der Waals surface area contributed by atoms with E-state index in [1.165, 1.54) is 4.31 Å². The van der Waals surface area contributed by atoms with Gasteiger partial charge in [-0.25, -0.2) is 8.42 Å². The van der Waals surface area contributed by atoms with Crippen LogP contribution in [-0.2, 0) is 30.5 Å². The monoisotopic (exact) mass is 691 g/mol. The first-order chi connectivity index (χ1) is 22.8. The summed E-state index contributed by atoms with van der Waals surface area (Å²) in [4.78, 5) is 13.9. The van der Waals surface area contributed by atoms with Gasteiger partial charge in [0.2, 0.25) is 10.0 Å². The molecule has 0 bridgehead atoms. The van der Waals surface area contributed by atoms with E-state index in [9.17, 15) is 13.2 Å². The number of esters is 1. The predicted molar refractivity (Wildman–Crippen MR) is 200 cm³/mol. The summed E-state index contributed by atoms with van der Waals surface area (Å²) in [6.07, 6.45) is 2.66. The van der Waals surface area contributed by atoms with E-state index in [1.54, 1.807) is 0 Å². The Morgan fingerprint density at radius 3 is 1.96 bits per heavy atom. The lowest BCUT2D eigenvalue weighted by Gasteiger charge is -2.36. The zero-order chi connectivity index (χ0) is 35.5. The van der Waals surface area contributed by atoms with Gasteiger partial charge in [-0.15, -0.1) is 6.58 Å². The fourth-order valence-electron chi connectivity index (χ4n) is 6.69. The van der Waals surface area contributed by atoms with Gasteiger partial charge in [-0.3, -0.25) is 4.79 Å². The second-order valence-electron chi connectivity index (χ2n) is 13.2. The number of nitrogens with zero attached hydrogens (tertiary/aromatic N) is 1. The van der Waals surface area contributed by atoms with Crippen molar-refractivity contribution in [3.63, 3.8) is 0 Å². The summed E-state index contributed by atoms with van der Waals surface area (Å²) >= 11 is 0. The van der Waals surface area contributed by atoms with Gasteiger partial charge in [0.15, 0.2) is 8.32 Å². The molecule has 0 aromatic heterocycles. The fraction of sp³-hybridized carbons (Fsp3) is 0.475. The molecule has 0 aliphatic heterocycles. The third kappa shape index (κ3) is 10.0. The minimum absolute atomic E-state index is 0.00171. The van der Waals surface area contributed by atoms with E-state index < -0.39 is 30.5 Å². The standard InChI is InChI=1S/C40H57NO5SSi/c1-10-31(6)37(46-48(11-2,12-3)13-4)25-20-26-38(42)45-39(36-23-18-15-19-24-36)34(9)41(29-35-21-16-14-17-22-35)47(43,44)40-32(7)27-30(5)28-33(40)8/h10,14-19,21-24,27-28,31,34,37,39H,1,11-13,20,25-26,29H2,2-9H3/t31-,34-,37+,39-/m1/s1. The number of carbonyl (C=O) groups excluding carboxylic acids is 1. The van der Waals surface area contributed by atoms with E-state index in [1.807, 2.05) is 107 Å². The van der Waals surface area contributed by atoms with Gasteiger partial charge in [-0.2, -0.15) is 4.31 Å². The van der Waals surface area contributed by atoms with Crippen molar-refractivity contribution in [3.05, 3.63) is 113 Å². The lowest BCUT2D eigenvalue weighted by molar-refractivity contribution is -0.152. The zero-order valence-electron chi connectivity index (χ0n) is 30.4. The van der Waals surface area contributed by atoms with Crippen LogP contribution < -0.4 is 0 Å². The molecule has 0 saturated carbocycles. The lowest BCUT2D eigenvalue weighted by Crippen LogP contribution is -2.43. The average molecular weight is 692 g/mol. The average Bonchev–Trinajstić information content (AvgIpc) is 3.07. The van der Waals surface area contributed by atoms with Crippen molar-refractivity contribution in [2.45, 2.75) is 122 Å². The van der Waals surface area contributed by atoms with Crippen LogP contribution in [0, 0.1) is 26.7 Å². The number of ether oxygens (including phenoxy) is 1. The molecule has 8 heteroatoms. The van der Waals surface area contributed by atoms with Gasteiger partial charge >= 0.3 is 5.97 Å². The highest BCUT2D eigenvalue weighted by Gasteiger charge is 2.38. The minimum atomic E-state index is -4.01. The van der Waals surface area contributed by atoms with Crippen LogP contribution in [0.5, 0.6) is 0 Å². The molecule has 0 saturated heterocycles. The van der Waals surface area contributed by atoms with Gasteiger partial charge in [-0.05, 0) is 86.8 Å². The molecule has 3 aromatic rings. The number of hydrogen-bond acceptors (Lipinski definition) is 5. The van der Waals surface area contributed by atoms with Gasteiger partial charge in [-0.1, -0.05) is 112 Å². The summed E-state index contributed by atoms with van der Waals surface area (Å²) in [5.41, 5.74) is 3.98. The molecule has 6 nitrogen and oxygen atoms in total. The Kier molecular flexibility index (Phi) is 14.8. The van der Waals surface area contributed by atoms with Crippen LogP contribution in [0.2, 0.25) is 18.1 Å². The molecule has 0 aliphatic carbocycles. The molecule has 4 atom stereocenters. The number of hydrogen-bond donors (Lipinski definition) is 0. The number of rotatable bonds is 19. The lowest BCUT2D eigenvalue weighted by atomic mass is 9.99. The molecule has 48 heavy (non-hydrogen) atoms. The van der Waals surface area contributed by atoms with Gasteiger partial charge in [0.1, 0.15) is 6.10 Å². The molecule has 262 valence electrons. The normalized spacial score (nSPS) is 14.7. The van der Waals surface area contributed by atoms with Gasteiger partial charge in [0.05, 0.1) is 17.0 Å². The van der Waals surface area contributed by atoms with Crippen molar-refractivity contribution in [2.75, 3.05) is 0 Å². The molecule has 0 N–H and O–H groups in total. The van der Waals surface area contributed by atoms with Gasteiger partial charge in [0.25, 0.3) is 0 Å². The Bertz CT molecular complexity index is 1540. The van der Waals surface area contributed by atoms with Crippen molar-refractivity contribution in [2.24, 2.45) is 5.92 Å². The molecule has 0 fully saturated rings. The van der Waals surface area contributed by atoms with E-state index in [4.69, 9.17) is 9.16 Å². The number of carbonyl (C=O) groups is 1. The zero-order valence-corrected chi connectivity index (χ0v) is 32.2. The van der Waals surface area contributed by atoms with E-state index in [-0.39, 0.29) is 31.0 Å². The fourth-order valence-corrected chi connectivity index (χ4v) is 11.7. The summed E-state index contributed by atoms with van der Waals surface area (Å²) in [6, 6.07) is 25.3. The van der Waals surface area contributed by atoms with Crippen LogP contribution in [0.3, 0.4) is 0 Å². The third-order valence-electron chi connectivity index (χ3n) is 9.79. The molecule has 0 spiro atoms. The van der Waals surface area contributed by atoms with Crippen LogP contribution in [0.1, 0.15) is 87.8 Å². The van der Waals surface area contributed by atoms with E-state index in [2.05, 4.69) is 34.3 Å². The molecule has 0 amide bonds. The minimum Gasteiger partial charge on any atom is -0.456 e. The molecule has 3 aromatic carbocycles. The second-order valence-corrected chi connectivity index (χ2v) is 19.8. The highest BCUT2D eigenvalue weighted by molar-refractivity contribution is 7.89. The van der Waals surface area contributed by atoms with Crippen molar-refractivity contribution in [1.29, 1.82) is 0 Å². The topological polar surface area (TPSA) is 72.9 Å². The van der Waals surface area contributed by atoms with Crippen LogP contribution in [0.15, 0.2) is 90.3 Å². The van der Waals surface area contributed by atoms with Crippen molar-refractivity contribution in [3.8, 4) is 0 Å². The van der Waals surface area contributed by atoms with Crippen LogP contribution >= 0.6 is 0 Å². The summed E-state index contributed by atoms with van der Waals surface area (Å²) in [5.74, 6) is -0.189. The van der Waals surface area contributed by atoms with Crippen LogP contribution in [0.25, 0.3) is 0 Å². The smallest absolute Gasteiger partial charge is 0.306 e. The maximum atomic E-state index is 14.6. The maximum absolute atomic E-state index is 14.6. The molecule has 0 heterocycles. The predicted octanol–water partition coefficient (Wildman–Crippen LogP) is 9.86. The Hall–Kier alpha value is -3.04. The first-order valence-corrected chi connectivity index (χ1v) is 21.5. The summed E-state index contributed by atoms with van der Waals surface area (Å²) in [6.45, 7) is 20.4. The maximum Gasteiger partial charge on any atom is 0.306 e. The van der Waals surface area contributed by atoms with Gasteiger partial charge < -0.3 is 9.16 Å². The Labute approximate surface area is 291 Å². The van der Waals surface area contributed by atoms with E-state index in [0.717, 1.165) is 41.2 Å². The van der Waals surface area contributed by atoms with Crippen molar-refractivity contribution >= 4 is 24.3 Å². The van der Waals surface area contributed by atoms with Crippen LogP contribution in [0.4, 0.5) is 0 Å². The highest BCUT2D eigenvalue weighted by Crippen LogP contribution is 2.34. The molecular formula is C40H57NO5SSi.